The second-order valence-electron chi connectivity index (χ2n) is 8.27. The highest BCUT2D eigenvalue weighted by molar-refractivity contribution is 7.85. The average molecular weight is 359 g/mol. The second-order valence-corrected chi connectivity index (χ2v) is 9.72. The molecule has 1 N–H and O–H groups in total. The largest absolute Gasteiger partial charge is 0.460 e. The third-order valence-electron chi connectivity index (χ3n) is 7.03. The molecule has 1 aromatic carbocycles. The molecule has 3 saturated heterocycles. The van der Waals surface area contributed by atoms with E-state index in [2.05, 4.69) is 5.32 Å². The molecule has 0 spiro atoms. The predicted molar refractivity (Wildman–Crippen MR) is 91.3 cm³/mol. The fraction of sp³-hybridized carbons (Fsp3) is 0.579. The minimum absolute atomic E-state index is 0.0365. The molecule has 7 atom stereocenters. The summed E-state index contributed by atoms with van der Waals surface area (Å²) in [5.41, 5.74) is 0.149. The SMILES string of the molecule is Cc1ccc(S(=O)C[C@@]23N[C@H]4[C@@H]5OC(=O)[C@H]4[C@@]2(C)CC(=O)C[C@@H]53)cc1. The Kier molecular flexibility index (Phi) is 3.01. The summed E-state index contributed by atoms with van der Waals surface area (Å²) >= 11 is 0. The van der Waals surface area contributed by atoms with Crippen LogP contribution in [0.4, 0.5) is 0 Å². The monoisotopic (exact) mass is 359 g/mol. The van der Waals surface area contributed by atoms with Crippen molar-refractivity contribution in [3.63, 3.8) is 0 Å². The molecule has 5 nitrogen and oxygen atoms in total. The maximum atomic E-state index is 13.1. The van der Waals surface area contributed by atoms with E-state index in [-0.39, 0.29) is 35.7 Å². The van der Waals surface area contributed by atoms with Crippen molar-refractivity contribution in [1.82, 2.24) is 5.32 Å². The lowest BCUT2D eigenvalue weighted by molar-refractivity contribution is -0.145. The van der Waals surface area contributed by atoms with Gasteiger partial charge in [-0.1, -0.05) is 24.6 Å². The number of benzene rings is 1. The Balaban J connectivity index is 1.56. The van der Waals surface area contributed by atoms with Crippen LogP contribution in [0.5, 0.6) is 0 Å². The van der Waals surface area contributed by atoms with Gasteiger partial charge in [0.2, 0.25) is 0 Å². The van der Waals surface area contributed by atoms with Gasteiger partial charge in [-0.3, -0.25) is 13.8 Å². The number of carbonyl (C=O) groups is 2. The Hall–Kier alpha value is -1.53. The van der Waals surface area contributed by atoms with Gasteiger partial charge in [0.1, 0.15) is 11.9 Å². The van der Waals surface area contributed by atoms with E-state index in [0.717, 1.165) is 10.5 Å². The molecular weight excluding hydrogens is 338 g/mol. The van der Waals surface area contributed by atoms with Crippen LogP contribution in [0, 0.1) is 24.2 Å². The zero-order valence-electron chi connectivity index (χ0n) is 14.3. The topological polar surface area (TPSA) is 72.5 Å². The number of ketones is 1. The fourth-order valence-corrected chi connectivity index (χ4v) is 7.55. The van der Waals surface area contributed by atoms with Crippen molar-refractivity contribution in [3.05, 3.63) is 29.8 Å². The molecule has 0 amide bonds. The first kappa shape index (κ1) is 15.7. The Morgan fingerprint density at radius 3 is 2.72 bits per heavy atom. The van der Waals surface area contributed by atoms with Crippen LogP contribution in [0.15, 0.2) is 29.2 Å². The summed E-state index contributed by atoms with van der Waals surface area (Å²) in [5.74, 6) is 0.0590. The Morgan fingerprint density at radius 1 is 1.28 bits per heavy atom. The van der Waals surface area contributed by atoms with Crippen LogP contribution >= 0.6 is 0 Å². The van der Waals surface area contributed by atoms with Gasteiger partial charge in [0.05, 0.1) is 22.8 Å². The Labute approximate surface area is 149 Å². The van der Waals surface area contributed by atoms with Gasteiger partial charge in [-0.25, -0.2) is 0 Å². The average Bonchev–Trinajstić information content (AvgIpc) is 3.09. The lowest BCUT2D eigenvalue weighted by Gasteiger charge is -2.51. The summed E-state index contributed by atoms with van der Waals surface area (Å²) < 4.78 is 18.8. The zero-order chi connectivity index (χ0) is 17.6. The summed E-state index contributed by atoms with van der Waals surface area (Å²) in [6, 6.07) is 7.71. The first-order valence-corrected chi connectivity index (χ1v) is 10.1. The number of ether oxygens (including phenoxy) is 1. The number of Topliss-reactive ketones (excluding diaryl/α,β-unsaturated/α-hetero) is 1. The molecule has 1 aromatic rings. The Bertz CT molecular complexity index is 821. The van der Waals surface area contributed by atoms with Crippen molar-refractivity contribution >= 4 is 22.6 Å². The fourth-order valence-electron chi connectivity index (χ4n) is 5.90. The van der Waals surface area contributed by atoms with Crippen molar-refractivity contribution in [1.29, 1.82) is 0 Å². The molecule has 5 rings (SSSR count). The molecule has 1 unspecified atom stereocenters. The number of fused-ring (bicyclic) bond motifs is 2. The highest BCUT2D eigenvalue weighted by atomic mass is 32.2. The molecule has 0 aromatic heterocycles. The lowest BCUT2D eigenvalue weighted by Crippen LogP contribution is -2.63. The van der Waals surface area contributed by atoms with Gasteiger partial charge >= 0.3 is 5.97 Å². The van der Waals surface area contributed by atoms with Gasteiger partial charge in [-0.2, -0.15) is 0 Å². The van der Waals surface area contributed by atoms with Crippen molar-refractivity contribution in [2.75, 3.05) is 5.75 Å². The molecule has 1 saturated carbocycles. The maximum Gasteiger partial charge on any atom is 0.311 e. The molecule has 2 bridgehead atoms. The standard InChI is InChI=1S/C19H21NO4S/c1-10-3-5-12(6-4-10)25(23)9-19-13-7-11(21)8-18(19,2)14-15(20-19)16(13)24-17(14)22/h3-6,13-16,20H,7-9H2,1-2H3/t13-,14-,15+,16+,18+,19-,25?/m0/s1. The number of nitrogens with one attached hydrogen (secondary N) is 1. The smallest absolute Gasteiger partial charge is 0.311 e. The molecule has 1 aliphatic carbocycles. The van der Waals surface area contributed by atoms with E-state index in [4.69, 9.17) is 4.74 Å². The normalized spacial score (nSPS) is 44.9. The molecule has 132 valence electrons. The van der Waals surface area contributed by atoms with Crippen molar-refractivity contribution in [3.8, 4) is 0 Å². The number of aryl methyl sites for hydroxylation is 1. The Morgan fingerprint density at radius 2 is 2.00 bits per heavy atom. The summed E-state index contributed by atoms with van der Waals surface area (Å²) in [5, 5.41) is 3.62. The van der Waals surface area contributed by atoms with Crippen LogP contribution in [-0.2, 0) is 25.1 Å². The summed E-state index contributed by atoms with van der Waals surface area (Å²) in [6.45, 7) is 4.02. The van der Waals surface area contributed by atoms with Crippen LogP contribution < -0.4 is 5.32 Å². The number of carbonyl (C=O) groups excluding carboxylic acids is 2. The highest BCUT2D eigenvalue weighted by Gasteiger charge is 2.80. The van der Waals surface area contributed by atoms with E-state index in [9.17, 15) is 13.8 Å². The van der Waals surface area contributed by atoms with Crippen LogP contribution in [0.1, 0.15) is 25.3 Å². The second kappa shape index (κ2) is 4.80. The lowest BCUT2D eigenvalue weighted by atomic mass is 9.51. The van der Waals surface area contributed by atoms with Crippen molar-refractivity contribution in [2.24, 2.45) is 17.3 Å². The van der Waals surface area contributed by atoms with Crippen LogP contribution in [0.2, 0.25) is 0 Å². The van der Waals surface area contributed by atoms with Gasteiger partial charge in [0.25, 0.3) is 0 Å². The predicted octanol–water partition coefficient (Wildman–Crippen LogP) is 1.35. The first-order valence-electron chi connectivity index (χ1n) is 8.81. The number of rotatable bonds is 3. The van der Waals surface area contributed by atoms with Gasteiger partial charge < -0.3 is 10.1 Å². The van der Waals surface area contributed by atoms with Crippen molar-refractivity contribution < 1.29 is 18.5 Å². The minimum Gasteiger partial charge on any atom is -0.460 e. The third kappa shape index (κ3) is 1.79. The molecule has 3 heterocycles. The van der Waals surface area contributed by atoms with Gasteiger partial charge in [-0.05, 0) is 19.1 Å². The van der Waals surface area contributed by atoms with Gasteiger partial charge in [0.15, 0.2) is 0 Å². The minimum atomic E-state index is -1.19. The summed E-state index contributed by atoms with van der Waals surface area (Å²) in [6.07, 6.45) is 0.532. The van der Waals surface area contributed by atoms with E-state index in [1.165, 1.54) is 0 Å². The van der Waals surface area contributed by atoms with E-state index >= 15 is 0 Å². The van der Waals surface area contributed by atoms with Crippen LogP contribution in [-0.4, -0.2) is 39.4 Å². The molecule has 3 aliphatic heterocycles. The number of hydrogen-bond acceptors (Lipinski definition) is 5. The van der Waals surface area contributed by atoms with Crippen molar-refractivity contribution in [2.45, 2.75) is 49.3 Å². The molecule has 4 fully saturated rings. The zero-order valence-corrected chi connectivity index (χ0v) is 15.1. The molecule has 4 aliphatic rings. The first-order chi connectivity index (χ1) is 11.9. The maximum absolute atomic E-state index is 13.1. The summed E-state index contributed by atoms with van der Waals surface area (Å²) in [4.78, 5) is 25.6. The van der Waals surface area contributed by atoms with E-state index in [1.807, 2.05) is 38.1 Å². The number of esters is 1. The molecule has 6 heteroatoms. The third-order valence-corrected chi connectivity index (χ3v) is 8.55. The molecule has 0 radical (unpaired) electrons. The number of hydrogen-bond donors (Lipinski definition) is 1. The van der Waals surface area contributed by atoms with E-state index in [1.54, 1.807) is 0 Å². The summed E-state index contributed by atoms with van der Waals surface area (Å²) in [7, 11) is -1.19. The van der Waals surface area contributed by atoms with E-state index < -0.39 is 21.8 Å². The van der Waals surface area contributed by atoms with Gasteiger partial charge in [0, 0.05) is 40.4 Å². The highest BCUT2D eigenvalue weighted by Crippen LogP contribution is 2.66. The quantitative estimate of drug-likeness (QED) is 0.825. The molecular formula is C19H21NO4S. The van der Waals surface area contributed by atoms with Gasteiger partial charge in [-0.15, -0.1) is 0 Å². The van der Waals surface area contributed by atoms with E-state index in [0.29, 0.717) is 18.6 Å². The van der Waals surface area contributed by atoms with Crippen LogP contribution in [0.3, 0.4) is 0 Å². The molecule has 25 heavy (non-hydrogen) atoms. The van der Waals surface area contributed by atoms with Crippen LogP contribution in [0.25, 0.3) is 0 Å².